The molecule has 1 fully saturated rings. The van der Waals surface area contributed by atoms with Crippen molar-refractivity contribution in [3.63, 3.8) is 0 Å². The molecule has 1 atom stereocenters. The summed E-state index contributed by atoms with van der Waals surface area (Å²) in [5.74, 6) is -0.228. The number of methoxy groups -OCH3 is 1. The van der Waals surface area contributed by atoms with Gasteiger partial charge in [-0.2, -0.15) is 0 Å². The van der Waals surface area contributed by atoms with Crippen LogP contribution in [0.4, 0.5) is 10.3 Å². The molecule has 4 aromatic rings. The number of aryl methyl sites for hydroxylation is 1. The topological polar surface area (TPSA) is 85.7 Å². The molecule has 2 heterocycles. The van der Waals surface area contributed by atoms with Gasteiger partial charge in [0.15, 0.2) is 0 Å². The zero-order valence-electron chi connectivity index (χ0n) is 22.5. The van der Waals surface area contributed by atoms with Crippen LogP contribution in [0.2, 0.25) is 0 Å². The highest BCUT2D eigenvalue weighted by Gasteiger charge is 2.26. The van der Waals surface area contributed by atoms with E-state index in [1.54, 1.807) is 61.2 Å². The summed E-state index contributed by atoms with van der Waals surface area (Å²) >= 11 is 0. The maximum atomic E-state index is 14.5. The van der Waals surface area contributed by atoms with Crippen molar-refractivity contribution in [2.45, 2.75) is 25.9 Å². The van der Waals surface area contributed by atoms with Crippen LogP contribution in [0.15, 0.2) is 79.0 Å². The maximum absolute atomic E-state index is 14.5. The number of amides is 2. The van der Waals surface area contributed by atoms with Crippen molar-refractivity contribution in [2.24, 2.45) is 0 Å². The Kier molecular flexibility index (Phi) is 8.21. The molecule has 0 aliphatic carbocycles. The van der Waals surface area contributed by atoms with Crippen LogP contribution in [0.25, 0.3) is 16.9 Å². The molecule has 0 bridgehead atoms. The number of rotatable bonds is 9. The number of hydrogen-bond donors (Lipinski definition) is 1. The van der Waals surface area contributed by atoms with Crippen molar-refractivity contribution in [3.05, 3.63) is 95.9 Å². The molecule has 0 unspecified atom stereocenters. The number of nitrogens with one attached hydrogen (secondary N) is 1. The minimum Gasteiger partial charge on any atom is -0.497 e. The zero-order valence-corrected chi connectivity index (χ0v) is 22.5. The third-order valence-corrected chi connectivity index (χ3v) is 6.87. The smallest absolute Gasteiger partial charge is 0.254 e. The van der Waals surface area contributed by atoms with Crippen molar-refractivity contribution >= 4 is 17.8 Å². The molecule has 3 aromatic carbocycles. The van der Waals surface area contributed by atoms with E-state index in [9.17, 15) is 14.0 Å². The quantitative estimate of drug-likeness (QED) is 0.312. The summed E-state index contributed by atoms with van der Waals surface area (Å²) in [6.07, 6.45) is 3.34. The monoisotopic (exact) mass is 542 g/mol. The van der Waals surface area contributed by atoms with Gasteiger partial charge in [-0.25, -0.2) is 9.37 Å². The number of halogens is 1. The molecule has 0 radical (unpaired) electrons. The first-order valence-corrected chi connectivity index (χ1v) is 13.2. The van der Waals surface area contributed by atoms with Gasteiger partial charge in [0.2, 0.25) is 11.9 Å². The molecule has 0 saturated carbocycles. The summed E-state index contributed by atoms with van der Waals surface area (Å²) in [6, 6.07) is 21.1. The molecule has 1 N–H and O–H groups in total. The lowest BCUT2D eigenvalue weighted by molar-refractivity contribution is -0.117. The molecule has 2 amide bonds. The normalized spacial score (nSPS) is 14.6. The van der Waals surface area contributed by atoms with E-state index in [0.717, 1.165) is 18.4 Å². The standard InChI is InChI=1S/C31H31FN4O4/c1-21-10-13-24(17-27(21)32)36-19-28(22-7-4-3-5-8-22)33-31(36)34-29(37)20-35(18-26-9-6-16-40-26)30(38)23-11-14-25(39-2)15-12-23/h3-5,7-8,10-15,17,19,26H,6,9,16,18,20H2,1-2H3,(H,33,34,37)/t26-/m1/s1. The first-order chi connectivity index (χ1) is 19.4. The molecule has 9 heteroatoms. The molecule has 0 spiro atoms. The number of aromatic nitrogens is 2. The number of imidazole rings is 1. The van der Waals surface area contributed by atoms with Crippen LogP contribution in [0.3, 0.4) is 0 Å². The first-order valence-electron chi connectivity index (χ1n) is 13.2. The van der Waals surface area contributed by atoms with Crippen LogP contribution >= 0.6 is 0 Å². The van der Waals surface area contributed by atoms with Crippen LogP contribution in [-0.2, 0) is 9.53 Å². The Morgan fingerprint density at radius 2 is 1.90 bits per heavy atom. The maximum Gasteiger partial charge on any atom is 0.254 e. The van der Waals surface area contributed by atoms with Gasteiger partial charge in [-0.1, -0.05) is 36.4 Å². The minimum absolute atomic E-state index is 0.141. The highest BCUT2D eigenvalue weighted by Crippen LogP contribution is 2.25. The fourth-order valence-corrected chi connectivity index (χ4v) is 4.65. The highest BCUT2D eigenvalue weighted by molar-refractivity contribution is 5.99. The van der Waals surface area contributed by atoms with Gasteiger partial charge in [0.25, 0.3) is 5.91 Å². The third kappa shape index (κ3) is 6.21. The van der Waals surface area contributed by atoms with Crippen molar-refractivity contribution in [1.29, 1.82) is 0 Å². The Balaban J connectivity index is 1.41. The van der Waals surface area contributed by atoms with Crippen LogP contribution in [0.1, 0.15) is 28.8 Å². The lowest BCUT2D eigenvalue weighted by Gasteiger charge is -2.25. The van der Waals surface area contributed by atoms with Gasteiger partial charge in [0, 0.05) is 30.5 Å². The second kappa shape index (κ2) is 12.1. The number of anilines is 1. The van der Waals surface area contributed by atoms with Gasteiger partial charge >= 0.3 is 0 Å². The molecular formula is C31H31FN4O4. The fraction of sp³-hybridized carbons (Fsp3) is 0.258. The van der Waals surface area contributed by atoms with E-state index in [1.807, 2.05) is 30.3 Å². The van der Waals surface area contributed by atoms with Gasteiger partial charge in [-0.05, 0) is 61.7 Å². The van der Waals surface area contributed by atoms with E-state index in [4.69, 9.17) is 9.47 Å². The van der Waals surface area contributed by atoms with Gasteiger partial charge in [-0.3, -0.25) is 19.5 Å². The molecule has 5 rings (SSSR count). The molecular weight excluding hydrogens is 511 g/mol. The Morgan fingerprint density at radius 1 is 1.12 bits per heavy atom. The summed E-state index contributed by atoms with van der Waals surface area (Å²) in [5.41, 5.74) is 2.93. The van der Waals surface area contributed by atoms with Gasteiger partial charge in [-0.15, -0.1) is 0 Å². The van der Waals surface area contributed by atoms with Gasteiger partial charge in [0.05, 0.1) is 24.6 Å². The Labute approximate surface area is 232 Å². The van der Waals surface area contributed by atoms with Gasteiger partial charge in [0.1, 0.15) is 18.1 Å². The Bertz CT molecular complexity index is 1480. The van der Waals surface area contributed by atoms with E-state index in [1.165, 1.54) is 11.0 Å². The summed E-state index contributed by atoms with van der Waals surface area (Å²) < 4.78 is 27.1. The summed E-state index contributed by atoms with van der Waals surface area (Å²) in [7, 11) is 1.56. The molecule has 8 nitrogen and oxygen atoms in total. The van der Waals surface area contributed by atoms with Crippen molar-refractivity contribution in [3.8, 4) is 22.7 Å². The van der Waals surface area contributed by atoms with E-state index >= 15 is 0 Å². The lowest BCUT2D eigenvalue weighted by Crippen LogP contribution is -2.42. The van der Waals surface area contributed by atoms with Crippen LogP contribution in [0.5, 0.6) is 5.75 Å². The average Bonchev–Trinajstić information content (AvgIpc) is 3.64. The number of carbonyl (C=O) groups excluding carboxylic acids is 2. The largest absolute Gasteiger partial charge is 0.497 e. The predicted molar refractivity (Wildman–Crippen MR) is 150 cm³/mol. The van der Waals surface area contributed by atoms with Crippen LogP contribution < -0.4 is 10.1 Å². The number of benzene rings is 3. The first kappa shape index (κ1) is 27.1. The van der Waals surface area contributed by atoms with E-state index in [0.29, 0.717) is 34.9 Å². The minimum atomic E-state index is -0.432. The van der Waals surface area contributed by atoms with Crippen molar-refractivity contribution in [1.82, 2.24) is 14.5 Å². The van der Waals surface area contributed by atoms with E-state index in [-0.39, 0.29) is 36.9 Å². The molecule has 40 heavy (non-hydrogen) atoms. The van der Waals surface area contributed by atoms with Crippen LogP contribution in [0, 0.1) is 12.7 Å². The number of carbonyl (C=O) groups is 2. The predicted octanol–water partition coefficient (Wildman–Crippen LogP) is 5.26. The van der Waals surface area contributed by atoms with Crippen LogP contribution in [-0.4, -0.2) is 59.2 Å². The molecule has 1 saturated heterocycles. The Hall–Kier alpha value is -4.50. The number of nitrogens with zero attached hydrogens (tertiary/aromatic N) is 3. The average molecular weight is 543 g/mol. The van der Waals surface area contributed by atoms with E-state index in [2.05, 4.69) is 10.3 Å². The number of ether oxygens (including phenoxy) is 2. The second-order valence-electron chi connectivity index (χ2n) is 9.72. The summed E-state index contributed by atoms with van der Waals surface area (Å²) in [6.45, 7) is 2.40. The Morgan fingerprint density at radius 3 is 2.58 bits per heavy atom. The molecule has 1 aliphatic heterocycles. The summed E-state index contributed by atoms with van der Waals surface area (Å²) in [5, 5.41) is 2.85. The molecule has 1 aromatic heterocycles. The molecule has 206 valence electrons. The van der Waals surface area contributed by atoms with Gasteiger partial charge < -0.3 is 14.4 Å². The second-order valence-corrected chi connectivity index (χ2v) is 9.72. The fourth-order valence-electron chi connectivity index (χ4n) is 4.65. The third-order valence-electron chi connectivity index (χ3n) is 6.87. The number of hydrogen-bond acceptors (Lipinski definition) is 5. The zero-order chi connectivity index (χ0) is 28.1. The lowest BCUT2D eigenvalue weighted by atomic mass is 10.1. The molecule has 1 aliphatic rings. The summed E-state index contributed by atoms with van der Waals surface area (Å²) in [4.78, 5) is 33.0. The highest BCUT2D eigenvalue weighted by atomic mass is 19.1. The van der Waals surface area contributed by atoms with Crippen molar-refractivity contribution < 1.29 is 23.5 Å². The van der Waals surface area contributed by atoms with E-state index < -0.39 is 5.91 Å². The SMILES string of the molecule is COc1ccc(C(=O)N(CC(=O)Nc2nc(-c3ccccc3)cn2-c2ccc(C)c(F)c2)C[C@H]2CCCO2)cc1. The van der Waals surface area contributed by atoms with Crippen molar-refractivity contribution in [2.75, 3.05) is 32.1 Å².